The molecule has 0 amide bonds. The van der Waals surface area contributed by atoms with Crippen LogP contribution in [0.1, 0.15) is 17.5 Å². The molecule has 1 N–H and O–H groups in total. The number of para-hydroxylation sites is 1. The van der Waals surface area contributed by atoms with Crippen LogP contribution in [0.2, 0.25) is 0 Å². The molecule has 0 saturated heterocycles. The molecule has 2 rings (SSSR count). The first-order valence-electron chi connectivity index (χ1n) is 5.45. The van der Waals surface area contributed by atoms with Crippen molar-refractivity contribution >= 4 is 28.5 Å². The zero-order valence-corrected chi connectivity index (χ0v) is 10.4. The van der Waals surface area contributed by atoms with Crippen molar-refractivity contribution in [2.24, 2.45) is 0 Å². The Labute approximate surface area is 104 Å². The fourth-order valence-electron chi connectivity index (χ4n) is 1.46. The molecule has 0 fully saturated rings. The van der Waals surface area contributed by atoms with Crippen LogP contribution in [0.15, 0.2) is 34.7 Å². The highest BCUT2D eigenvalue weighted by Crippen LogP contribution is 2.21. The van der Waals surface area contributed by atoms with Crippen molar-refractivity contribution in [3.63, 3.8) is 0 Å². The quantitative estimate of drug-likeness (QED) is 0.829. The van der Waals surface area contributed by atoms with Crippen LogP contribution in [0.25, 0.3) is 11.0 Å². The minimum absolute atomic E-state index is 0.0356. The van der Waals surface area contributed by atoms with Crippen molar-refractivity contribution in [1.82, 2.24) is 0 Å². The second kappa shape index (κ2) is 5.38. The van der Waals surface area contributed by atoms with Gasteiger partial charge in [-0.1, -0.05) is 25.1 Å². The highest BCUT2D eigenvalue weighted by Gasteiger charge is 2.13. The Hall–Kier alpha value is -1.26. The Balaban J connectivity index is 2.08. The first kappa shape index (κ1) is 12.2. The first-order valence-corrected chi connectivity index (χ1v) is 6.50. The number of hydrogen-bond acceptors (Lipinski definition) is 4. The molecule has 0 radical (unpaired) electrons. The largest absolute Gasteiger partial charge is 0.453 e. The van der Waals surface area contributed by atoms with Crippen LogP contribution in [0.5, 0.6) is 0 Å². The lowest BCUT2D eigenvalue weighted by Gasteiger charge is -2.04. The lowest BCUT2D eigenvalue weighted by atomic mass is 10.2. The van der Waals surface area contributed by atoms with Crippen LogP contribution >= 0.6 is 11.8 Å². The average Bonchev–Trinajstić information content (AvgIpc) is 2.79. The molecule has 1 heterocycles. The van der Waals surface area contributed by atoms with Gasteiger partial charge in [0.1, 0.15) is 5.58 Å². The van der Waals surface area contributed by atoms with Crippen molar-refractivity contribution in [2.75, 3.05) is 12.4 Å². The second-order valence-electron chi connectivity index (χ2n) is 3.88. The summed E-state index contributed by atoms with van der Waals surface area (Å²) < 4.78 is 5.47. The van der Waals surface area contributed by atoms with Gasteiger partial charge in [0.15, 0.2) is 5.76 Å². The summed E-state index contributed by atoms with van der Waals surface area (Å²) in [6, 6.07) is 9.31. The van der Waals surface area contributed by atoms with Gasteiger partial charge in [-0.3, -0.25) is 4.79 Å². The predicted octanol–water partition coefficient (Wildman–Crippen LogP) is 2.73. The summed E-state index contributed by atoms with van der Waals surface area (Å²) in [6.07, 6.45) is 0. The number of rotatable bonds is 5. The Morgan fingerprint density at radius 2 is 2.24 bits per heavy atom. The van der Waals surface area contributed by atoms with Gasteiger partial charge in [-0.05, 0) is 12.1 Å². The summed E-state index contributed by atoms with van der Waals surface area (Å²) >= 11 is 1.43. The SMILES string of the molecule is CC(CO)SCC(=O)c1cc2ccccc2o1. The van der Waals surface area contributed by atoms with Gasteiger partial charge in [-0.2, -0.15) is 0 Å². The summed E-state index contributed by atoms with van der Waals surface area (Å²) in [6.45, 7) is 1.97. The molecule has 4 heteroatoms. The van der Waals surface area contributed by atoms with E-state index in [0.29, 0.717) is 11.5 Å². The summed E-state index contributed by atoms with van der Waals surface area (Å²) in [5, 5.41) is 9.89. The number of fused-ring (bicyclic) bond motifs is 1. The van der Waals surface area contributed by atoms with E-state index in [4.69, 9.17) is 9.52 Å². The van der Waals surface area contributed by atoms with E-state index >= 15 is 0 Å². The number of carbonyl (C=O) groups is 1. The van der Waals surface area contributed by atoms with Gasteiger partial charge < -0.3 is 9.52 Å². The molecule has 0 aliphatic rings. The predicted molar refractivity (Wildman–Crippen MR) is 69.6 cm³/mol. The number of ketones is 1. The number of benzene rings is 1. The first-order chi connectivity index (χ1) is 8.20. The normalized spacial score (nSPS) is 12.8. The van der Waals surface area contributed by atoms with Gasteiger partial charge in [-0.15, -0.1) is 11.8 Å². The Morgan fingerprint density at radius 3 is 2.94 bits per heavy atom. The van der Waals surface area contributed by atoms with E-state index in [9.17, 15) is 4.79 Å². The van der Waals surface area contributed by atoms with E-state index < -0.39 is 0 Å². The lowest BCUT2D eigenvalue weighted by molar-refractivity contribution is 0.0994. The molecular weight excluding hydrogens is 236 g/mol. The van der Waals surface area contributed by atoms with Gasteiger partial charge in [0.05, 0.1) is 12.4 Å². The van der Waals surface area contributed by atoms with Gasteiger partial charge in [0, 0.05) is 10.6 Å². The summed E-state index contributed by atoms with van der Waals surface area (Å²) in [7, 11) is 0. The maximum atomic E-state index is 11.8. The van der Waals surface area contributed by atoms with Crippen molar-refractivity contribution in [3.05, 3.63) is 36.1 Å². The molecule has 0 aliphatic heterocycles. The van der Waals surface area contributed by atoms with Crippen molar-refractivity contribution in [2.45, 2.75) is 12.2 Å². The average molecular weight is 250 g/mol. The van der Waals surface area contributed by atoms with Gasteiger partial charge in [0.2, 0.25) is 5.78 Å². The molecule has 1 aromatic carbocycles. The number of thioether (sulfide) groups is 1. The highest BCUT2D eigenvalue weighted by molar-refractivity contribution is 8.00. The number of aliphatic hydroxyl groups is 1. The number of carbonyl (C=O) groups excluding carboxylic acids is 1. The third kappa shape index (κ3) is 2.90. The van der Waals surface area contributed by atoms with Crippen LogP contribution in [0.3, 0.4) is 0 Å². The third-order valence-electron chi connectivity index (χ3n) is 2.46. The molecule has 0 aliphatic carbocycles. The molecule has 3 nitrogen and oxygen atoms in total. The monoisotopic (exact) mass is 250 g/mol. The van der Waals surface area contributed by atoms with Crippen LogP contribution in [-0.2, 0) is 0 Å². The van der Waals surface area contributed by atoms with E-state index in [0.717, 1.165) is 11.0 Å². The molecule has 17 heavy (non-hydrogen) atoms. The maximum Gasteiger partial charge on any atom is 0.207 e. The molecule has 2 aromatic rings. The van der Waals surface area contributed by atoms with Gasteiger partial charge >= 0.3 is 0 Å². The molecular formula is C13H14O3S. The van der Waals surface area contributed by atoms with Crippen molar-refractivity contribution in [1.29, 1.82) is 0 Å². The second-order valence-corrected chi connectivity index (χ2v) is 5.30. The topological polar surface area (TPSA) is 50.4 Å². The lowest BCUT2D eigenvalue weighted by Crippen LogP contribution is -2.08. The van der Waals surface area contributed by atoms with E-state index in [1.807, 2.05) is 31.2 Å². The van der Waals surface area contributed by atoms with Crippen molar-refractivity contribution in [3.8, 4) is 0 Å². The van der Waals surface area contributed by atoms with Crippen LogP contribution < -0.4 is 0 Å². The van der Waals surface area contributed by atoms with E-state index in [-0.39, 0.29) is 17.6 Å². The molecule has 0 saturated carbocycles. The summed E-state index contributed by atoms with van der Waals surface area (Å²) in [4.78, 5) is 11.8. The number of aliphatic hydroxyl groups excluding tert-OH is 1. The standard InChI is InChI=1S/C13H14O3S/c1-9(7-14)17-8-11(15)13-6-10-4-2-3-5-12(10)16-13/h2-6,9,14H,7-8H2,1H3. The zero-order chi connectivity index (χ0) is 12.3. The highest BCUT2D eigenvalue weighted by atomic mass is 32.2. The number of furan rings is 1. The fraction of sp³-hybridized carbons (Fsp3) is 0.308. The molecule has 90 valence electrons. The summed E-state index contributed by atoms with van der Waals surface area (Å²) in [5.41, 5.74) is 0.732. The molecule has 0 bridgehead atoms. The Bertz CT molecular complexity index is 485. The Morgan fingerprint density at radius 1 is 1.47 bits per heavy atom. The van der Waals surface area contributed by atoms with Crippen LogP contribution in [0, 0.1) is 0 Å². The summed E-state index contributed by atoms with van der Waals surface area (Å²) in [5.74, 6) is 0.692. The van der Waals surface area contributed by atoms with Crippen LogP contribution in [0.4, 0.5) is 0 Å². The van der Waals surface area contributed by atoms with E-state index in [2.05, 4.69) is 0 Å². The number of hydrogen-bond donors (Lipinski definition) is 1. The smallest absolute Gasteiger partial charge is 0.207 e. The van der Waals surface area contributed by atoms with Crippen molar-refractivity contribution < 1.29 is 14.3 Å². The maximum absolute atomic E-state index is 11.8. The minimum Gasteiger partial charge on any atom is -0.453 e. The van der Waals surface area contributed by atoms with Gasteiger partial charge in [0.25, 0.3) is 0 Å². The molecule has 1 unspecified atom stereocenters. The minimum atomic E-state index is -0.0356. The third-order valence-corrected chi connectivity index (χ3v) is 3.60. The van der Waals surface area contributed by atoms with Gasteiger partial charge in [-0.25, -0.2) is 0 Å². The Kier molecular flexibility index (Phi) is 3.86. The number of Topliss-reactive ketones (excluding diaryl/α,β-unsaturated/α-hetero) is 1. The van der Waals surface area contributed by atoms with E-state index in [1.165, 1.54) is 11.8 Å². The zero-order valence-electron chi connectivity index (χ0n) is 9.55. The fourth-order valence-corrected chi connectivity index (χ4v) is 2.14. The van der Waals surface area contributed by atoms with E-state index in [1.54, 1.807) is 6.07 Å². The molecule has 1 aromatic heterocycles. The van der Waals surface area contributed by atoms with Crippen LogP contribution in [-0.4, -0.2) is 28.5 Å². The molecule has 0 spiro atoms. The molecule has 1 atom stereocenters.